The van der Waals surface area contributed by atoms with E-state index in [2.05, 4.69) is 25.1 Å². The first-order valence-corrected chi connectivity index (χ1v) is 2.16. The average molecular weight is 104 g/mol. The average Bonchev–Trinajstić information content (AvgIpc) is 1.65. The molecule has 0 bridgehead atoms. The summed E-state index contributed by atoms with van der Waals surface area (Å²) in [5.74, 6) is 0. The molecule has 6 heavy (non-hydrogen) atoms. The van der Waals surface area contributed by atoms with E-state index in [9.17, 15) is 0 Å². The highest BCUT2D eigenvalue weighted by molar-refractivity contribution is 5.98. The molecule has 0 heterocycles. The van der Waals surface area contributed by atoms with Gasteiger partial charge in [-0.1, -0.05) is 0 Å². The Morgan fingerprint density at radius 1 is 1.83 bits per heavy atom. The van der Waals surface area contributed by atoms with Gasteiger partial charge >= 0.3 is 16.6 Å². The van der Waals surface area contributed by atoms with Crippen molar-refractivity contribution in [3.05, 3.63) is 0 Å². The Morgan fingerprint density at radius 3 is 2.33 bits per heavy atom. The van der Waals surface area contributed by atoms with Crippen molar-refractivity contribution in [1.29, 1.82) is 0 Å². The predicted octanol–water partition coefficient (Wildman–Crippen LogP) is 0.325. The Balaban J connectivity index is 0. The van der Waals surface area contributed by atoms with Crippen molar-refractivity contribution in [2.24, 2.45) is 0 Å². The third-order valence-electron chi connectivity index (χ3n) is 0.524. The van der Waals surface area contributed by atoms with Gasteiger partial charge in [-0.15, -0.1) is 0 Å². The Labute approximate surface area is 47.7 Å². The molecule has 0 aliphatic rings. The van der Waals surface area contributed by atoms with Crippen LogP contribution in [0, 0.1) is 0 Å². The molecule has 2 radical (unpaired) electrons. The maximum Gasteiger partial charge on any atom is 0.373 e. The van der Waals surface area contributed by atoms with Crippen molar-refractivity contribution in [2.45, 2.75) is 13.2 Å². The SMILES string of the molecule is COC(C)[O][Al].[HH]. The molecule has 0 rings (SSSR count). The second-order valence-corrected chi connectivity index (χ2v) is 1.21. The van der Waals surface area contributed by atoms with Gasteiger partial charge in [0.15, 0.2) is 0 Å². The molecule has 0 aromatic heterocycles. The van der Waals surface area contributed by atoms with Crippen LogP contribution in [0.25, 0.3) is 0 Å². The van der Waals surface area contributed by atoms with E-state index >= 15 is 0 Å². The van der Waals surface area contributed by atoms with Crippen molar-refractivity contribution in [1.82, 2.24) is 0 Å². The van der Waals surface area contributed by atoms with E-state index in [4.69, 9.17) is 0 Å². The van der Waals surface area contributed by atoms with E-state index in [0.29, 0.717) is 0 Å². The zero-order valence-corrected chi connectivity index (χ0v) is 5.13. The molecule has 1 atom stereocenters. The van der Waals surface area contributed by atoms with Crippen LogP contribution in [0.3, 0.4) is 0 Å². The van der Waals surface area contributed by atoms with Gasteiger partial charge < -0.3 is 8.53 Å². The van der Waals surface area contributed by atoms with Crippen LogP contribution < -0.4 is 0 Å². The summed E-state index contributed by atoms with van der Waals surface area (Å²) in [4.78, 5) is 0. The van der Waals surface area contributed by atoms with Gasteiger partial charge in [0.2, 0.25) is 0 Å². The van der Waals surface area contributed by atoms with Crippen LogP contribution in [0.2, 0.25) is 0 Å². The lowest BCUT2D eigenvalue weighted by molar-refractivity contribution is -0.0334. The fraction of sp³-hybridized carbons (Fsp3) is 1.00. The third kappa shape index (κ3) is 2.68. The highest BCUT2D eigenvalue weighted by Crippen LogP contribution is 1.82. The largest absolute Gasteiger partial charge is 0.495 e. The Bertz CT molecular complexity index is 32.1. The van der Waals surface area contributed by atoms with Gasteiger partial charge in [0, 0.05) is 8.54 Å². The molecular weight excluding hydrogens is 95.0 g/mol. The molecule has 3 heteroatoms. The minimum absolute atomic E-state index is 0. The number of ether oxygens (including phenoxy) is 1. The molecular formula is C3H9AlO2. The summed E-state index contributed by atoms with van der Waals surface area (Å²) in [6.07, 6.45) is -0.102. The molecule has 0 spiro atoms. The summed E-state index contributed by atoms with van der Waals surface area (Å²) in [5, 5.41) is 0. The molecule has 0 aromatic rings. The van der Waals surface area contributed by atoms with E-state index in [1.807, 2.05) is 6.92 Å². The zero-order valence-electron chi connectivity index (χ0n) is 3.97. The lowest BCUT2D eigenvalue weighted by Gasteiger charge is -2.05. The molecule has 0 aromatic carbocycles. The minimum atomic E-state index is -0.102. The lowest BCUT2D eigenvalue weighted by Crippen LogP contribution is -2.06. The van der Waals surface area contributed by atoms with Crippen molar-refractivity contribution < 1.29 is 9.95 Å². The third-order valence-corrected chi connectivity index (χ3v) is 0.907. The second-order valence-electron chi connectivity index (χ2n) is 0.939. The maximum absolute atomic E-state index is 4.66. The van der Waals surface area contributed by atoms with Crippen LogP contribution in [-0.2, 0) is 8.53 Å². The van der Waals surface area contributed by atoms with Crippen molar-refractivity contribution >= 4 is 16.6 Å². The first kappa shape index (κ1) is 6.45. The summed E-state index contributed by atoms with van der Waals surface area (Å²) in [7, 11) is 1.59. The molecule has 2 nitrogen and oxygen atoms in total. The van der Waals surface area contributed by atoms with E-state index < -0.39 is 0 Å². The number of rotatable bonds is 2. The van der Waals surface area contributed by atoms with Gasteiger partial charge in [-0.2, -0.15) is 0 Å². The van der Waals surface area contributed by atoms with Crippen LogP contribution in [0.15, 0.2) is 0 Å². The van der Waals surface area contributed by atoms with Gasteiger partial charge in [-0.05, 0) is 6.92 Å². The summed E-state index contributed by atoms with van der Waals surface area (Å²) in [6.45, 7) is 1.81. The van der Waals surface area contributed by atoms with E-state index in [1.54, 1.807) is 7.11 Å². The van der Waals surface area contributed by atoms with Gasteiger partial charge in [-0.3, -0.25) is 0 Å². The van der Waals surface area contributed by atoms with E-state index in [0.717, 1.165) is 0 Å². The molecule has 0 saturated heterocycles. The molecule has 0 N–H and O–H groups in total. The normalized spacial score (nSPS) is 14.3. The van der Waals surface area contributed by atoms with E-state index in [-0.39, 0.29) is 7.72 Å². The summed E-state index contributed by atoms with van der Waals surface area (Å²) in [5.41, 5.74) is 0. The molecule has 0 saturated carbocycles. The second kappa shape index (κ2) is 3.64. The van der Waals surface area contributed by atoms with Gasteiger partial charge in [0.05, 0.1) is 0 Å². The highest BCUT2D eigenvalue weighted by Gasteiger charge is 1.86. The van der Waals surface area contributed by atoms with Crippen LogP contribution in [0.1, 0.15) is 8.35 Å². The molecule has 36 valence electrons. The molecule has 0 aliphatic heterocycles. The van der Waals surface area contributed by atoms with Crippen LogP contribution in [0.4, 0.5) is 0 Å². The Morgan fingerprint density at radius 2 is 2.33 bits per heavy atom. The molecule has 0 fully saturated rings. The first-order valence-electron chi connectivity index (χ1n) is 1.69. The monoisotopic (exact) mass is 104 g/mol. The fourth-order valence-electron chi connectivity index (χ4n) is 0.0556. The lowest BCUT2D eigenvalue weighted by atomic mass is 10.8. The van der Waals surface area contributed by atoms with Crippen molar-refractivity contribution in [3.63, 3.8) is 0 Å². The molecule has 0 amide bonds. The van der Waals surface area contributed by atoms with Gasteiger partial charge in [-0.25, -0.2) is 0 Å². The predicted molar refractivity (Wildman–Crippen MR) is 25.4 cm³/mol. The first-order chi connectivity index (χ1) is 2.81. The van der Waals surface area contributed by atoms with Crippen molar-refractivity contribution in [3.8, 4) is 0 Å². The van der Waals surface area contributed by atoms with Gasteiger partial charge in [0.1, 0.15) is 6.29 Å². The molecule has 1 unspecified atom stereocenters. The smallest absolute Gasteiger partial charge is 0.373 e. The van der Waals surface area contributed by atoms with Crippen LogP contribution >= 0.6 is 0 Å². The summed E-state index contributed by atoms with van der Waals surface area (Å²) in [6, 6.07) is 0. The fourth-order valence-corrected chi connectivity index (χ4v) is 0.167. The zero-order chi connectivity index (χ0) is 4.99. The Kier molecular flexibility index (Phi) is 3.91. The van der Waals surface area contributed by atoms with Crippen LogP contribution in [-0.4, -0.2) is 30.0 Å². The number of methoxy groups -OCH3 is 1. The maximum atomic E-state index is 4.66. The summed E-state index contributed by atoms with van der Waals surface area (Å²) < 4.78 is 9.25. The van der Waals surface area contributed by atoms with Crippen LogP contribution in [0.5, 0.6) is 0 Å². The number of hydrogen-bond donors (Lipinski definition) is 0. The molecule has 0 aliphatic carbocycles. The summed E-state index contributed by atoms with van der Waals surface area (Å²) >= 11 is 2.11. The quantitative estimate of drug-likeness (QED) is 0.371. The number of hydrogen-bond acceptors (Lipinski definition) is 2. The highest BCUT2D eigenvalue weighted by atomic mass is 27.1. The van der Waals surface area contributed by atoms with E-state index in [1.165, 1.54) is 0 Å². The van der Waals surface area contributed by atoms with Gasteiger partial charge in [0.25, 0.3) is 0 Å². The Hall–Kier alpha value is 0.452. The topological polar surface area (TPSA) is 18.5 Å². The standard InChI is InChI=1S/C3H7O2.Al.H2/c1-3(4)5-2;;/h3H,1-2H3;;1H/q-1;+1;. The van der Waals surface area contributed by atoms with Crippen molar-refractivity contribution in [2.75, 3.05) is 7.11 Å². The minimum Gasteiger partial charge on any atom is -0.495 e.